The minimum Gasteiger partial charge on any atom is -0.494 e. The molecule has 27 heavy (non-hydrogen) atoms. The Morgan fingerprint density at radius 3 is 2.67 bits per heavy atom. The van der Waals surface area contributed by atoms with Gasteiger partial charge in [-0.1, -0.05) is 12.1 Å². The highest BCUT2D eigenvalue weighted by Crippen LogP contribution is 2.36. The highest BCUT2D eigenvalue weighted by molar-refractivity contribution is 6.07. The van der Waals surface area contributed by atoms with Crippen LogP contribution in [0.1, 0.15) is 25.3 Å². The maximum absolute atomic E-state index is 12.5. The predicted octanol–water partition coefficient (Wildman–Crippen LogP) is 2.46. The Bertz CT molecular complexity index is 919. The van der Waals surface area contributed by atoms with Crippen molar-refractivity contribution in [2.45, 2.75) is 32.2 Å². The van der Waals surface area contributed by atoms with Crippen LogP contribution in [-0.2, 0) is 4.79 Å². The fraction of sp³-hybridized carbons (Fsp3) is 0.450. The number of carbonyl (C=O) groups excluding carboxylic acids is 2. The van der Waals surface area contributed by atoms with Crippen molar-refractivity contribution < 1.29 is 14.3 Å². The molecule has 2 fully saturated rings. The lowest BCUT2D eigenvalue weighted by atomic mass is 9.86. The molecule has 0 bridgehead atoms. The average molecular weight is 368 g/mol. The maximum atomic E-state index is 12.5. The minimum absolute atomic E-state index is 0.168. The van der Waals surface area contributed by atoms with Gasteiger partial charge < -0.3 is 14.5 Å². The van der Waals surface area contributed by atoms with E-state index in [0.717, 1.165) is 28.0 Å². The van der Waals surface area contributed by atoms with Gasteiger partial charge in [0.2, 0.25) is 0 Å². The maximum Gasteiger partial charge on any atom is 0.325 e. The number of para-hydroxylation sites is 1. The van der Waals surface area contributed by atoms with Gasteiger partial charge >= 0.3 is 6.03 Å². The van der Waals surface area contributed by atoms with Gasteiger partial charge in [-0.15, -0.1) is 0 Å². The van der Waals surface area contributed by atoms with Crippen molar-refractivity contribution in [1.29, 1.82) is 0 Å². The molecule has 1 aromatic heterocycles. The SMILES string of the molecule is CCN1C(=O)NC(=O)C12CCN(c1cc(C)c3cccc(OC)c3n1)CC2. The summed E-state index contributed by atoms with van der Waals surface area (Å²) in [6.07, 6.45) is 1.20. The number of aromatic nitrogens is 1. The molecule has 0 radical (unpaired) electrons. The number of amides is 3. The van der Waals surface area contributed by atoms with Gasteiger partial charge in [0.05, 0.1) is 7.11 Å². The van der Waals surface area contributed by atoms with E-state index >= 15 is 0 Å². The van der Waals surface area contributed by atoms with Crippen LogP contribution in [0.5, 0.6) is 5.75 Å². The third kappa shape index (κ3) is 2.60. The molecule has 2 saturated heterocycles. The number of anilines is 1. The molecular formula is C20H24N4O3. The summed E-state index contributed by atoms with van der Waals surface area (Å²) in [6.45, 7) is 5.85. The largest absolute Gasteiger partial charge is 0.494 e. The molecule has 4 rings (SSSR count). The van der Waals surface area contributed by atoms with Crippen molar-refractivity contribution in [1.82, 2.24) is 15.2 Å². The molecule has 3 amide bonds. The molecule has 0 unspecified atom stereocenters. The van der Waals surface area contributed by atoms with Crippen LogP contribution in [0, 0.1) is 6.92 Å². The first-order valence-corrected chi connectivity index (χ1v) is 9.32. The van der Waals surface area contributed by atoms with Crippen LogP contribution in [0.25, 0.3) is 10.9 Å². The summed E-state index contributed by atoms with van der Waals surface area (Å²) >= 11 is 0. The van der Waals surface area contributed by atoms with Gasteiger partial charge in [0.15, 0.2) is 0 Å². The lowest BCUT2D eigenvalue weighted by Crippen LogP contribution is -2.56. The second-order valence-corrected chi connectivity index (χ2v) is 7.18. The number of hydrogen-bond acceptors (Lipinski definition) is 5. The van der Waals surface area contributed by atoms with Crippen LogP contribution in [0.2, 0.25) is 0 Å². The van der Waals surface area contributed by atoms with E-state index in [0.29, 0.717) is 32.5 Å². The number of piperidine rings is 1. The molecule has 3 heterocycles. The predicted molar refractivity (Wildman–Crippen MR) is 103 cm³/mol. The monoisotopic (exact) mass is 368 g/mol. The summed E-state index contributed by atoms with van der Waals surface area (Å²) in [7, 11) is 1.65. The van der Waals surface area contributed by atoms with Gasteiger partial charge in [-0.25, -0.2) is 9.78 Å². The molecule has 1 spiro atoms. The highest BCUT2D eigenvalue weighted by atomic mass is 16.5. The first kappa shape index (κ1) is 17.6. The number of nitrogens with zero attached hydrogens (tertiary/aromatic N) is 3. The Morgan fingerprint density at radius 1 is 1.26 bits per heavy atom. The van der Waals surface area contributed by atoms with Crippen LogP contribution < -0.4 is 15.0 Å². The van der Waals surface area contributed by atoms with E-state index in [1.807, 2.05) is 25.1 Å². The number of hydrogen-bond donors (Lipinski definition) is 1. The molecule has 1 N–H and O–H groups in total. The van der Waals surface area contributed by atoms with Gasteiger partial charge in [-0.2, -0.15) is 0 Å². The Morgan fingerprint density at radius 2 is 2.00 bits per heavy atom. The number of aryl methyl sites for hydroxylation is 1. The van der Waals surface area contributed by atoms with E-state index in [9.17, 15) is 9.59 Å². The molecule has 2 aliphatic heterocycles. The van der Waals surface area contributed by atoms with Crippen molar-refractivity contribution in [3.63, 3.8) is 0 Å². The first-order chi connectivity index (χ1) is 13.0. The van der Waals surface area contributed by atoms with Crippen molar-refractivity contribution in [2.75, 3.05) is 31.6 Å². The number of rotatable bonds is 3. The van der Waals surface area contributed by atoms with Gasteiger partial charge in [-0.3, -0.25) is 10.1 Å². The van der Waals surface area contributed by atoms with E-state index in [4.69, 9.17) is 9.72 Å². The zero-order chi connectivity index (χ0) is 19.2. The van der Waals surface area contributed by atoms with Crippen molar-refractivity contribution in [3.8, 4) is 5.75 Å². The number of carbonyl (C=O) groups is 2. The Kier molecular flexibility index (Phi) is 4.17. The number of imide groups is 1. The molecule has 7 nitrogen and oxygen atoms in total. The van der Waals surface area contributed by atoms with Crippen LogP contribution in [0.15, 0.2) is 24.3 Å². The summed E-state index contributed by atoms with van der Waals surface area (Å²) in [6, 6.07) is 7.73. The van der Waals surface area contributed by atoms with Crippen molar-refractivity contribution in [2.24, 2.45) is 0 Å². The van der Waals surface area contributed by atoms with E-state index in [1.54, 1.807) is 12.0 Å². The van der Waals surface area contributed by atoms with Gasteiger partial charge in [0.25, 0.3) is 5.91 Å². The zero-order valence-corrected chi connectivity index (χ0v) is 15.9. The molecule has 7 heteroatoms. The normalized spacial score (nSPS) is 19.1. The van der Waals surface area contributed by atoms with E-state index in [1.165, 1.54) is 0 Å². The third-order valence-electron chi connectivity index (χ3n) is 5.85. The van der Waals surface area contributed by atoms with Crippen LogP contribution in [0.4, 0.5) is 10.6 Å². The molecule has 1 aromatic carbocycles. The van der Waals surface area contributed by atoms with E-state index in [2.05, 4.69) is 23.2 Å². The molecule has 0 atom stereocenters. The fourth-order valence-corrected chi connectivity index (χ4v) is 4.35. The Labute approximate surface area is 158 Å². The number of fused-ring (bicyclic) bond motifs is 1. The molecule has 2 aromatic rings. The smallest absolute Gasteiger partial charge is 0.325 e. The number of urea groups is 1. The Balaban J connectivity index is 1.64. The average Bonchev–Trinajstić information content (AvgIpc) is 2.90. The summed E-state index contributed by atoms with van der Waals surface area (Å²) in [5, 5.41) is 3.55. The number of pyridine rings is 1. The molecule has 2 aliphatic rings. The van der Waals surface area contributed by atoms with E-state index < -0.39 is 5.54 Å². The second kappa shape index (κ2) is 6.40. The van der Waals surface area contributed by atoms with E-state index in [-0.39, 0.29) is 11.9 Å². The van der Waals surface area contributed by atoms with Crippen molar-refractivity contribution in [3.05, 3.63) is 29.8 Å². The summed E-state index contributed by atoms with van der Waals surface area (Å²) in [5.74, 6) is 1.47. The first-order valence-electron chi connectivity index (χ1n) is 9.32. The van der Waals surface area contributed by atoms with Gasteiger partial charge in [-0.05, 0) is 44.4 Å². The van der Waals surface area contributed by atoms with Crippen LogP contribution in [0.3, 0.4) is 0 Å². The third-order valence-corrected chi connectivity index (χ3v) is 5.85. The molecule has 0 saturated carbocycles. The lowest BCUT2D eigenvalue weighted by molar-refractivity contribution is -0.127. The number of methoxy groups -OCH3 is 1. The fourth-order valence-electron chi connectivity index (χ4n) is 4.35. The van der Waals surface area contributed by atoms with Crippen LogP contribution >= 0.6 is 0 Å². The highest BCUT2D eigenvalue weighted by Gasteiger charge is 2.53. The number of nitrogens with one attached hydrogen (secondary N) is 1. The quantitative estimate of drug-likeness (QED) is 0.843. The number of ether oxygens (including phenoxy) is 1. The molecule has 142 valence electrons. The summed E-state index contributed by atoms with van der Waals surface area (Å²) in [4.78, 5) is 33.2. The molecular weight excluding hydrogens is 344 g/mol. The number of benzene rings is 1. The zero-order valence-electron chi connectivity index (χ0n) is 15.9. The number of likely N-dealkylation sites (N-methyl/N-ethyl adjacent to an activating group) is 1. The molecule has 0 aliphatic carbocycles. The van der Waals surface area contributed by atoms with Gasteiger partial charge in [0.1, 0.15) is 22.6 Å². The standard InChI is InChI=1S/C20H24N4O3/c1-4-24-19(26)22-18(25)20(24)8-10-23(11-9-20)16-12-13(2)14-6-5-7-15(27-3)17(14)21-16/h5-7,12H,4,8-11H2,1-3H3,(H,22,25,26). The summed E-state index contributed by atoms with van der Waals surface area (Å²) < 4.78 is 5.48. The van der Waals surface area contributed by atoms with Crippen molar-refractivity contribution >= 4 is 28.7 Å². The summed E-state index contributed by atoms with van der Waals surface area (Å²) in [5.41, 5.74) is 1.27. The minimum atomic E-state index is -0.716. The van der Waals surface area contributed by atoms with Crippen LogP contribution in [-0.4, -0.2) is 54.1 Å². The van der Waals surface area contributed by atoms with Gasteiger partial charge in [0, 0.05) is 25.0 Å². The Hall–Kier alpha value is -2.83. The second-order valence-electron chi connectivity index (χ2n) is 7.18. The lowest BCUT2D eigenvalue weighted by Gasteiger charge is -2.42. The topological polar surface area (TPSA) is 74.8 Å².